The van der Waals surface area contributed by atoms with E-state index in [1.165, 1.54) is 6.21 Å². The van der Waals surface area contributed by atoms with E-state index in [4.69, 9.17) is 10.4 Å². The first kappa shape index (κ1) is 13.8. The smallest absolute Gasteiger partial charge is 0.0895 e. The van der Waals surface area contributed by atoms with Crippen LogP contribution in [0.15, 0.2) is 48.0 Å². The molecule has 23 heavy (non-hydrogen) atoms. The second-order valence-electron chi connectivity index (χ2n) is 5.25. The van der Waals surface area contributed by atoms with E-state index in [9.17, 15) is 0 Å². The summed E-state index contributed by atoms with van der Waals surface area (Å²) in [5, 5.41) is 17.8. The topological polar surface area (TPSA) is 65.4 Å². The number of pyridine rings is 1. The maximum absolute atomic E-state index is 7.52. The summed E-state index contributed by atoms with van der Waals surface area (Å²) in [6, 6.07) is 10.3. The fourth-order valence-corrected chi connectivity index (χ4v) is 3.60. The van der Waals surface area contributed by atoms with Gasteiger partial charge >= 0.3 is 0 Å². The van der Waals surface area contributed by atoms with Crippen molar-refractivity contribution < 1.29 is 0 Å². The third-order valence-corrected chi connectivity index (χ3v) is 4.87. The second-order valence-corrected chi connectivity index (χ2v) is 6.16. The number of nitrogens with one attached hydrogen (secondary N) is 2. The van der Waals surface area contributed by atoms with Gasteiger partial charge in [-0.25, -0.2) is 4.98 Å². The first-order valence-corrected chi connectivity index (χ1v) is 8.17. The van der Waals surface area contributed by atoms with Crippen molar-refractivity contribution in [2.24, 2.45) is 0 Å². The number of thiophene rings is 1. The molecule has 0 atom stereocenters. The standard InChI is InChI=1S/C18H14N4S/c1-2-11(8-19)15-5-6-17-18(21-15)14(10-23-17)12-3-4-16-13(7-12)9-20-22-16/h2-10,19H,1H3,(H,20,22)/b11-2+,19-8?. The van der Waals surface area contributed by atoms with Crippen molar-refractivity contribution in [3.8, 4) is 11.1 Å². The molecule has 4 rings (SSSR count). The fourth-order valence-electron chi connectivity index (χ4n) is 2.69. The van der Waals surface area contributed by atoms with Crippen molar-refractivity contribution in [1.29, 1.82) is 5.41 Å². The van der Waals surface area contributed by atoms with Crippen LogP contribution in [0.2, 0.25) is 0 Å². The van der Waals surface area contributed by atoms with E-state index in [1.54, 1.807) is 11.3 Å². The number of hydrogen-bond acceptors (Lipinski definition) is 4. The van der Waals surface area contributed by atoms with Crippen LogP contribution in [0, 0.1) is 5.41 Å². The molecule has 0 bridgehead atoms. The Morgan fingerprint density at radius 1 is 1.26 bits per heavy atom. The number of nitrogens with zero attached hydrogens (tertiary/aromatic N) is 2. The molecule has 0 radical (unpaired) electrons. The Balaban J connectivity index is 1.92. The van der Waals surface area contributed by atoms with Gasteiger partial charge in [-0.05, 0) is 36.8 Å². The molecule has 112 valence electrons. The summed E-state index contributed by atoms with van der Waals surface area (Å²) in [5.41, 5.74) is 5.92. The zero-order chi connectivity index (χ0) is 15.8. The Labute approximate surface area is 137 Å². The lowest BCUT2D eigenvalue weighted by molar-refractivity contribution is 1.12. The normalized spacial score (nSPS) is 12.1. The van der Waals surface area contributed by atoms with Gasteiger partial charge in [-0.15, -0.1) is 11.3 Å². The Kier molecular flexibility index (Phi) is 3.28. The SMILES string of the molecule is C/C=C(\C=N)c1ccc2scc(-c3ccc4[nH]ncc4c3)c2n1. The maximum atomic E-state index is 7.52. The molecule has 0 aliphatic rings. The molecule has 4 nitrogen and oxygen atoms in total. The van der Waals surface area contributed by atoms with Crippen LogP contribution >= 0.6 is 11.3 Å². The molecule has 3 heterocycles. The van der Waals surface area contributed by atoms with Crippen LogP contribution in [-0.2, 0) is 0 Å². The van der Waals surface area contributed by atoms with E-state index in [2.05, 4.69) is 33.8 Å². The number of aromatic amines is 1. The van der Waals surface area contributed by atoms with E-state index in [1.807, 2.05) is 31.3 Å². The van der Waals surface area contributed by atoms with Crippen LogP contribution in [0.1, 0.15) is 12.6 Å². The number of allylic oxidation sites excluding steroid dienone is 2. The van der Waals surface area contributed by atoms with Gasteiger partial charge in [0.1, 0.15) is 0 Å². The van der Waals surface area contributed by atoms with E-state index < -0.39 is 0 Å². The van der Waals surface area contributed by atoms with Crippen LogP contribution in [-0.4, -0.2) is 21.4 Å². The van der Waals surface area contributed by atoms with Gasteiger partial charge < -0.3 is 5.41 Å². The van der Waals surface area contributed by atoms with Crippen LogP contribution in [0.5, 0.6) is 0 Å². The molecule has 1 aromatic carbocycles. The summed E-state index contributed by atoms with van der Waals surface area (Å²) in [4.78, 5) is 4.79. The lowest BCUT2D eigenvalue weighted by Crippen LogP contribution is -1.90. The monoisotopic (exact) mass is 318 g/mol. The van der Waals surface area contributed by atoms with Crippen molar-refractivity contribution in [1.82, 2.24) is 15.2 Å². The van der Waals surface area contributed by atoms with Gasteiger partial charge in [-0.3, -0.25) is 5.10 Å². The Morgan fingerprint density at radius 2 is 2.17 bits per heavy atom. The largest absolute Gasteiger partial charge is 0.308 e. The Bertz CT molecular complexity index is 1060. The summed E-state index contributed by atoms with van der Waals surface area (Å²) in [5.74, 6) is 0. The highest BCUT2D eigenvalue weighted by Crippen LogP contribution is 2.34. The summed E-state index contributed by atoms with van der Waals surface area (Å²) in [6.45, 7) is 1.92. The van der Waals surface area contributed by atoms with Gasteiger partial charge in [0.2, 0.25) is 0 Å². The molecule has 0 amide bonds. The molecule has 0 saturated carbocycles. The number of H-pyrrole nitrogens is 1. The van der Waals surface area contributed by atoms with Crippen molar-refractivity contribution in [2.75, 3.05) is 0 Å². The average Bonchev–Trinajstić information content (AvgIpc) is 3.21. The molecule has 0 saturated heterocycles. The minimum Gasteiger partial charge on any atom is -0.308 e. The molecular formula is C18H14N4S. The number of rotatable bonds is 3. The molecule has 5 heteroatoms. The zero-order valence-corrected chi connectivity index (χ0v) is 13.3. The van der Waals surface area contributed by atoms with E-state index in [0.717, 1.165) is 43.5 Å². The Morgan fingerprint density at radius 3 is 3.00 bits per heavy atom. The predicted molar refractivity (Wildman–Crippen MR) is 97.1 cm³/mol. The lowest BCUT2D eigenvalue weighted by Gasteiger charge is -2.03. The molecule has 0 fully saturated rings. The summed E-state index contributed by atoms with van der Waals surface area (Å²) in [7, 11) is 0. The molecule has 0 spiro atoms. The highest BCUT2D eigenvalue weighted by molar-refractivity contribution is 7.17. The van der Waals surface area contributed by atoms with Gasteiger partial charge in [0.15, 0.2) is 0 Å². The molecule has 0 unspecified atom stereocenters. The van der Waals surface area contributed by atoms with Crippen LogP contribution in [0.25, 0.3) is 37.8 Å². The van der Waals surface area contributed by atoms with Crippen molar-refractivity contribution in [3.63, 3.8) is 0 Å². The van der Waals surface area contributed by atoms with Gasteiger partial charge in [0.25, 0.3) is 0 Å². The first-order valence-electron chi connectivity index (χ1n) is 7.29. The van der Waals surface area contributed by atoms with E-state index in [0.29, 0.717) is 0 Å². The highest BCUT2D eigenvalue weighted by atomic mass is 32.1. The number of hydrogen-bond donors (Lipinski definition) is 2. The Hall–Kier alpha value is -2.79. The summed E-state index contributed by atoms with van der Waals surface area (Å²) in [6.07, 6.45) is 5.09. The first-order chi connectivity index (χ1) is 11.3. The van der Waals surface area contributed by atoms with Crippen LogP contribution in [0.4, 0.5) is 0 Å². The number of aromatic nitrogens is 3. The lowest BCUT2D eigenvalue weighted by atomic mass is 10.1. The van der Waals surface area contributed by atoms with E-state index >= 15 is 0 Å². The molecule has 4 aromatic rings. The molecule has 2 N–H and O–H groups in total. The average molecular weight is 318 g/mol. The zero-order valence-electron chi connectivity index (χ0n) is 12.5. The highest BCUT2D eigenvalue weighted by Gasteiger charge is 2.11. The molecule has 0 aliphatic carbocycles. The fraction of sp³-hybridized carbons (Fsp3) is 0.0556. The summed E-state index contributed by atoms with van der Waals surface area (Å²) < 4.78 is 1.15. The number of fused-ring (bicyclic) bond motifs is 2. The van der Waals surface area contributed by atoms with Crippen molar-refractivity contribution >= 4 is 44.2 Å². The predicted octanol–water partition coefficient (Wildman–Crippen LogP) is 4.89. The quantitative estimate of drug-likeness (QED) is 0.528. The number of benzene rings is 1. The third-order valence-electron chi connectivity index (χ3n) is 3.93. The minimum atomic E-state index is 0.828. The van der Waals surface area contributed by atoms with Gasteiger partial charge in [-0.2, -0.15) is 5.10 Å². The maximum Gasteiger partial charge on any atom is 0.0895 e. The molecule has 0 aliphatic heterocycles. The second kappa shape index (κ2) is 5.44. The molecular weight excluding hydrogens is 304 g/mol. The van der Waals surface area contributed by atoms with Gasteiger partial charge in [0, 0.05) is 28.1 Å². The van der Waals surface area contributed by atoms with Crippen LogP contribution in [0.3, 0.4) is 0 Å². The van der Waals surface area contributed by atoms with E-state index in [-0.39, 0.29) is 0 Å². The minimum absolute atomic E-state index is 0.828. The van der Waals surface area contributed by atoms with Gasteiger partial charge in [-0.1, -0.05) is 12.1 Å². The molecule has 3 aromatic heterocycles. The van der Waals surface area contributed by atoms with Crippen LogP contribution < -0.4 is 0 Å². The van der Waals surface area contributed by atoms with Crippen molar-refractivity contribution in [3.05, 3.63) is 53.7 Å². The van der Waals surface area contributed by atoms with Crippen molar-refractivity contribution in [2.45, 2.75) is 6.92 Å². The van der Waals surface area contributed by atoms with Gasteiger partial charge in [0.05, 0.1) is 27.6 Å². The summed E-state index contributed by atoms with van der Waals surface area (Å²) >= 11 is 1.69. The third kappa shape index (κ3) is 2.26.